The number of aliphatic hydroxyl groups is 1. The molecule has 0 bridgehead atoms. The lowest BCUT2D eigenvalue weighted by molar-refractivity contribution is -0.137. The number of hydrogen-bond donors (Lipinski definition) is 1. The molecule has 1 N–H and O–H groups in total. The molecule has 6 nitrogen and oxygen atoms in total. The van der Waals surface area contributed by atoms with E-state index in [2.05, 4.69) is 13.0 Å². The van der Waals surface area contributed by atoms with Crippen LogP contribution in [0.5, 0.6) is 0 Å². The highest BCUT2D eigenvalue weighted by Crippen LogP contribution is 2.35. The van der Waals surface area contributed by atoms with Crippen LogP contribution in [-0.2, 0) is 22.4 Å². The van der Waals surface area contributed by atoms with Crippen molar-refractivity contribution >= 4 is 12.0 Å². The highest BCUT2D eigenvalue weighted by Gasteiger charge is 2.42. The Morgan fingerprint density at radius 1 is 1.05 bits per heavy atom. The lowest BCUT2D eigenvalue weighted by Gasteiger charge is -2.25. The van der Waals surface area contributed by atoms with E-state index in [9.17, 15) is 14.7 Å². The number of benzene rings is 2. The Hall–Kier alpha value is -3.38. The minimum atomic E-state index is -1.19. The lowest BCUT2D eigenvalue weighted by Crippen LogP contribution is -2.44. The second-order valence-corrected chi connectivity index (χ2v) is 10.4. The molecular formula is C32H39NO5. The van der Waals surface area contributed by atoms with Gasteiger partial charge >= 0.3 is 6.09 Å². The zero-order valence-corrected chi connectivity index (χ0v) is 22.7. The molecular weight excluding hydrogens is 478 g/mol. The topological polar surface area (TPSA) is 80.0 Å². The van der Waals surface area contributed by atoms with Crippen LogP contribution in [0.1, 0.15) is 74.7 Å². The van der Waals surface area contributed by atoms with Gasteiger partial charge in [-0.3, -0.25) is 4.79 Å². The summed E-state index contributed by atoms with van der Waals surface area (Å²) in [7, 11) is 0. The standard InChI is InChI=1S/C32H39NO5/c1-4-5-6-7-11-17-28-27(25-16-12-13-22(2)18-25)20-29(38-28)30(34)23(3)31(35)33-26(21-37-32(33)36)19-24-14-9-8-10-15-24/h8-10,12-16,18,20,23,26,30,34H,4-7,11,17,19,21H2,1-3H3/t23-,26-,30-/m0/s1. The van der Waals surface area contributed by atoms with Gasteiger partial charge in [-0.1, -0.05) is 99.7 Å². The molecule has 4 rings (SSSR count). The molecule has 0 saturated carbocycles. The molecule has 0 spiro atoms. The minimum Gasteiger partial charge on any atom is -0.463 e. The zero-order chi connectivity index (χ0) is 27.1. The Bertz CT molecular complexity index is 1220. The molecule has 2 heterocycles. The highest BCUT2D eigenvalue weighted by molar-refractivity contribution is 5.95. The van der Waals surface area contributed by atoms with E-state index in [1.165, 1.54) is 24.2 Å². The summed E-state index contributed by atoms with van der Waals surface area (Å²) in [6, 6.07) is 19.3. The van der Waals surface area contributed by atoms with Gasteiger partial charge in [0.15, 0.2) is 0 Å². The number of hydrogen-bond acceptors (Lipinski definition) is 5. The number of cyclic esters (lactones) is 1. The maximum atomic E-state index is 13.5. The summed E-state index contributed by atoms with van der Waals surface area (Å²) < 4.78 is 11.5. The van der Waals surface area contributed by atoms with Crippen LogP contribution in [0.15, 0.2) is 65.1 Å². The summed E-state index contributed by atoms with van der Waals surface area (Å²) in [5.41, 5.74) is 4.13. The van der Waals surface area contributed by atoms with Crippen LogP contribution in [0.3, 0.4) is 0 Å². The average Bonchev–Trinajstić information content (AvgIpc) is 3.51. The summed E-state index contributed by atoms with van der Waals surface area (Å²) in [6.07, 6.45) is 5.12. The number of amides is 2. The van der Waals surface area contributed by atoms with Crippen molar-refractivity contribution in [3.8, 4) is 11.1 Å². The third-order valence-electron chi connectivity index (χ3n) is 7.33. The molecule has 0 radical (unpaired) electrons. The van der Waals surface area contributed by atoms with Crippen LogP contribution in [-0.4, -0.2) is 34.7 Å². The summed E-state index contributed by atoms with van der Waals surface area (Å²) in [5, 5.41) is 11.3. The molecule has 1 fully saturated rings. The molecule has 6 heteroatoms. The first-order chi connectivity index (χ1) is 18.4. The maximum absolute atomic E-state index is 13.5. The van der Waals surface area contributed by atoms with Crippen molar-refractivity contribution in [1.82, 2.24) is 4.90 Å². The van der Waals surface area contributed by atoms with Crippen LogP contribution in [0.4, 0.5) is 4.79 Å². The number of ether oxygens (including phenoxy) is 1. The first-order valence-corrected chi connectivity index (χ1v) is 13.8. The van der Waals surface area contributed by atoms with Gasteiger partial charge in [-0.2, -0.15) is 0 Å². The van der Waals surface area contributed by atoms with Gasteiger partial charge in [-0.15, -0.1) is 0 Å². The number of furan rings is 1. The number of nitrogens with zero attached hydrogens (tertiary/aromatic N) is 1. The number of imide groups is 1. The number of carbonyl (C=O) groups is 2. The molecule has 0 aliphatic carbocycles. The van der Waals surface area contributed by atoms with Gasteiger partial charge in [0, 0.05) is 12.0 Å². The van der Waals surface area contributed by atoms with E-state index in [1.807, 2.05) is 61.5 Å². The van der Waals surface area contributed by atoms with Crippen molar-refractivity contribution in [3.63, 3.8) is 0 Å². The molecule has 3 aromatic rings. The van der Waals surface area contributed by atoms with E-state index in [1.54, 1.807) is 6.92 Å². The van der Waals surface area contributed by atoms with Crippen LogP contribution in [0, 0.1) is 12.8 Å². The summed E-state index contributed by atoms with van der Waals surface area (Å²) in [6.45, 7) is 6.02. The number of rotatable bonds is 12. The van der Waals surface area contributed by atoms with E-state index in [-0.39, 0.29) is 6.61 Å². The van der Waals surface area contributed by atoms with Gasteiger partial charge in [-0.05, 0) is 37.0 Å². The third-order valence-corrected chi connectivity index (χ3v) is 7.33. The van der Waals surface area contributed by atoms with Gasteiger partial charge in [0.2, 0.25) is 5.91 Å². The fourth-order valence-electron chi connectivity index (χ4n) is 5.09. The van der Waals surface area contributed by atoms with Crippen LogP contribution >= 0.6 is 0 Å². The summed E-state index contributed by atoms with van der Waals surface area (Å²) in [5.74, 6) is -0.176. The van der Waals surface area contributed by atoms with Crippen LogP contribution in [0.2, 0.25) is 0 Å². The lowest BCUT2D eigenvalue weighted by atomic mass is 9.97. The highest BCUT2D eigenvalue weighted by atomic mass is 16.6. The first kappa shape index (κ1) is 27.6. The maximum Gasteiger partial charge on any atom is 0.416 e. The summed E-state index contributed by atoms with van der Waals surface area (Å²) >= 11 is 0. The Balaban J connectivity index is 1.53. The SMILES string of the molecule is CCCCCCCc1oc([C@@H](O)[C@H](C)C(=O)N2C(=O)OC[C@@H]2Cc2ccccc2)cc1-c1cccc(C)c1. The minimum absolute atomic E-state index is 0.142. The van der Waals surface area contributed by atoms with E-state index in [4.69, 9.17) is 9.15 Å². The molecule has 1 saturated heterocycles. The predicted octanol–water partition coefficient (Wildman–Crippen LogP) is 7.03. The van der Waals surface area contributed by atoms with Gasteiger partial charge in [0.05, 0.1) is 12.0 Å². The number of unbranched alkanes of at least 4 members (excludes halogenated alkanes) is 4. The van der Waals surface area contributed by atoms with E-state index >= 15 is 0 Å². The summed E-state index contributed by atoms with van der Waals surface area (Å²) in [4.78, 5) is 27.2. The smallest absolute Gasteiger partial charge is 0.416 e. The van der Waals surface area contributed by atoms with Crippen LogP contribution in [0.25, 0.3) is 11.1 Å². The van der Waals surface area contributed by atoms with Gasteiger partial charge in [0.1, 0.15) is 24.2 Å². The van der Waals surface area contributed by atoms with Gasteiger partial charge in [0.25, 0.3) is 0 Å². The fourth-order valence-corrected chi connectivity index (χ4v) is 5.09. The largest absolute Gasteiger partial charge is 0.463 e. The molecule has 202 valence electrons. The van der Waals surface area contributed by atoms with Gasteiger partial charge < -0.3 is 14.3 Å². The van der Waals surface area contributed by atoms with E-state index < -0.39 is 30.1 Å². The Morgan fingerprint density at radius 3 is 2.55 bits per heavy atom. The monoisotopic (exact) mass is 517 g/mol. The number of carbonyl (C=O) groups excluding carboxylic acids is 2. The molecule has 1 aliphatic rings. The average molecular weight is 518 g/mol. The van der Waals surface area contributed by atoms with Crippen molar-refractivity contribution in [2.75, 3.05) is 6.61 Å². The van der Waals surface area contributed by atoms with Crippen molar-refractivity contribution in [2.45, 2.75) is 77.9 Å². The molecule has 38 heavy (non-hydrogen) atoms. The zero-order valence-electron chi connectivity index (χ0n) is 22.7. The van der Waals surface area contributed by atoms with Crippen molar-refractivity contribution < 1.29 is 23.8 Å². The number of aliphatic hydroxyl groups excluding tert-OH is 1. The molecule has 2 amide bonds. The van der Waals surface area contributed by atoms with Gasteiger partial charge in [-0.25, -0.2) is 9.69 Å². The van der Waals surface area contributed by atoms with E-state index in [0.717, 1.165) is 47.3 Å². The van der Waals surface area contributed by atoms with Crippen molar-refractivity contribution in [2.24, 2.45) is 5.92 Å². The molecule has 1 aliphatic heterocycles. The molecule has 3 atom stereocenters. The normalized spacial score (nSPS) is 16.9. The molecule has 0 unspecified atom stereocenters. The molecule has 1 aromatic heterocycles. The molecule has 2 aromatic carbocycles. The fraction of sp³-hybridized carbons (Fsp3) is 0.438. The Labute approximate surface area is 225 Å². The Kier molecular flexibility index (Phi) is 9.40. The van der Waals surface area contributed by atoms with Crippen molar-refractivity contribution in [1.29, 1.82) is 0 Å². The van der Waals surface area contributed by atoms with E-state index in [0.29, 0.717) is 12.2 Å². The number of aryl methyl sites for hydroxylation is 2. The Morgan fingerprint density at radius 2 is 1.82 bits per heavy atom. The first-order valence-electron chi connectivity index (χ1n) is 13.8. The second kappa shape index (κ2) is 12.9. The second-order valence-electron chi connectivity index (χ2n) is 10.4. The van der Waals surface area contributed by atoms with Crippen molar-refractivity contribution in [3.05, 3.63) is 83.3 Å². The third kappa shape index (κ3) is 6.54. The predicted molar refractivity (Wildman–Crippen MR) is 148 cm³/mol. The van der Waals surface area contributed by atoms with Crippen LogP contribution < -0.4 is 0 Å². The quantitative estimate of drug-likeness (QED) is 0.261.